The molecule has 0 amide bonds. The normalized spacial score (nSPS) is 10.9. The first kappa shape index (κ1) is 17.6. The molecule has 4 rings (SSSR count). The molecular formula is C20H21N7O. The van der Waals surface area contributed by atoms with Gasteiger partial charge in [0.2, 0.25) is 5.95 Å². The van der Waals surface area contributed by atoms with Crippen LogP contribution in [0.25, 0.3) is 22.2 Å². The van der Waals surface area contributed by atoms with Gasteiger partial charge in [0.25, 0.3) is 0 Å². The highest BCUT2D eigenvalue weighted by atomic mass is 16.5. The second-order valence-electron chi connectivity index (χ2n) is 6.35. The van der Waals surface area contributed by atoms with E-state index in [1.807, 2.05) is 48.5 Å². The Kier molecular flexibility index (Phi) is 4.67. The standard InChI is InChI=1S/C20H21N7O/c1-28-17-5-3-2-4-12(17)8-9-23-18-11-15(24-20(22)25-18)13-6-7-14-16(10-13)26-27-19(14)21/h2-7,10-11H,8-9H2,1H3,(H3,21,26,27)(H3,22,23,24,25). The highest BCUT2D eigenvalue weighted by Gasteiger charge is 2.09. The lowest BCUT2D eigenvalue weighted by molar-refractivity contribution is 0.410. The van der Waals surface area contributed by atoms with Crippen molar-refractivity contribution in [2.24, 2.45) is 0 Å². The predicted octanol–water partition coefficient (Wildman–Crippen LogP) is 2.85. The fourth-order valence-electron chi connectivity index (χ4n) is 3.14. The van der Waals surface area contributed by atoms with Crippen LogP contribution in [0.5, 0.6) is 5.75 Å². The molecule has 0 saturated heterocycles. The van der Waals surface area contributed by atoms with Crippen LogP contribution in [0, 0.1) is 0 Å². The average molecular weight is 375 g/mol. The molecule has 0 radical (unpaired) electrons. The smallest absolute Gasteiger partial charge is 0.222 e. The molecule has 0 spiro atoms. The van der Waals surface area contributed by atoms with Crippen molar-refractivity contribution in [2.45, 2.75) is 6.42 Å². The lowest BCUT2D eigenvalue weighted by atomic mass is 10.1. The summed E-state index contributed by atoms with van der Waals surface area (Å²) in [5.74, 6) is 2.23. The van der Waals surface area contributed by atoms with Crippen molar-refractivity contribution in [3.63, 3.8) is 0 Å². The molecule has 28 heavy (non-hydrogen) atoms. The molecule has 0 aliphatic carbocycles. The van der Waals surface area contributed by atoms with Crippen LogP contribution in [0.1, 0.15) is 5.56 Å². The van der Waals surface area contributed by atoms with Crippen molar-refractivity contribution in [3.8, 4) is 17.0 Å². The van der Waals surface area contributed by atoms with E-state index in [0.717, 1.165) is 39.9 Å². The van der Waals surface area contributed by atoms with Crippen molar-refractivity contribution in [2.75, 3.05) is 30.4 Å². The van der Waals surface area contributed by atoms with Gasteiger partial charge in [-0.15, -0.1) is 0 Å². The van der Waals surface area contributed by atoms with Gasteiger partial charge in [0.1, 0.15) is 11.6 Å². The molecule has 2 aromatic carbocycles. The predicted molar refractivity (Wildman–Crippen MR) is 111 cm³/mol. The maximum Gasteiger partial charge on any atom is 0.222 e. The summed E-state index contributed by atoms with van der Waals surface area (Å²) in [5, 5.41) is 11.1. The summed E-state index contributed by atoms with van der Waals surface area (Å²) in [6, 6.07) is 15.6. The van der Waals surface area contributed by atoms with Gasteiger partial charge in [-0.1, -0.05) is 24.3 Å². The molecule has 0 aliphatic heterocycles. The lowest BCUT2D eigenvalue weighted by Crippen LogP contribution is -2.09. The summed E-state index contributed by atoms with van der Waals surface area (Å²) < 4.78 is 5.39. The maximum absolute atomic E-state index is 5.92. The molecule has 8 heteroatoms. The van der Waals surface area contributed by atoms with Crippen molar-refractivity contribution >= 4 is 28.5 Å². The number of nitrogens with two attached hydrogens (primary N) is 2. The fraction of sp³-hybridized carbons (Fsp3) is 0.150. The largest absolute Gasteiger partial charge is 0.496 e. The lowest BCUT2D eigenvalue weighted by Gasteiger charge is -2.11. The SMILES string of the molecule is COc1ccccc1CCNc1cc(-c2ccc3c(N)n[nH]c3c2)nc(N)n1. The van der Waals surface area contributed by atoms with E-state index in [1.165, 1.54) is 0 Å². The molecule has 0 aliphatic rings. The van der Waals surface area contributed by atoms with Crippen LogP contribution >= 0.6 is 0 Å². The number of nitrogens with one attached hydrogen (secondary N) is 2. The number of fused-ring (bicyclic) bond motifs is 1. The zero-order valence-corrected chi connectivity index (χ0v) is 15.4. The second-order valence-corrected chi connectivity index (χ2v) is 6.35. The summed E-state index contributed by atoms with van der Waals surface area (Å²) >= 11 is 0. The maximum atomic E-state index is 5.92. The number of aromatic amines is 1. The summed E-state index contributed by atoms with van der Waals surface area (Å²) in [7, 11) is 1.67. The van der Waals surface area contributed by atoms with Gasteiger partial charge in [0.05, 0.1) is 18.3 Å². The minimum absolute atomic E-state index is 0.210. The molecule has 6 N–H and O–H groups in total. The summed E-state index contributed by atoms with van der Waals surface area (Å²) in [6.07, 6.45) is 0.794. The van der Waals surface area contributed by atoms with Crippen LogP contribution < -0.4 is 21.5 Å². The van der Waals surface area contributed by atoms with Crippen LogP contribution in [0.15, 0.2) is 48.5 Å². The number of hydrogen-bond acceptors (Lipinski definition) is 7. The first-order chi connectivity index (χ1) is 13.6. The average Bonchev–Trinajstić information content (AvgIpc) is 3.08. The van der Waals surface area contributed by atoms with E-state index in [1.54, 1.807) is 7.11 Å². The first-order valence-corrected chi connectivity index (χ1v) is 8.88. The fourth-order valence-corrected chi connectivity index (χ4v) is 3.14. The van der Waals surface area contributed by atoms with Crippen LogP contribution in [-0.2, 0) is 6.42 Å². The summed E-state index contributed by atoms with van der Waals surface area (Å²) in [5.41, 5.74) is 15.3. The van der Waals surface area contributed by atoms with Crippen molar-refractivity contribution in [3.05, 3.63) is 54.1 Å². The van der Waals surface area contributed by atoms with E-state index in [0.29, 0.717) is 18.2 Å². The third-order valence-corrected chi connectivity index (χ3v) is 4.52. The highest BCUT2D eigenvalue weighted by Crippen LogP contribution is 2.26. The van der Waals surface area contributed by atoms with Crippen molar-refractivity contribution in [1.29, 1.82) is 0 Å². The number of benzene rings is 2. The number of hydrogen-bond donors (Lipinski definition) is 4. The molecule has 0 fully saturated rings. The topological polar surface area (TPSA) is 128 Å². The Morgan fingerprint density at radius 3 is 2.79 bits per heavy atom. The Bertz CT molecular complexity index is 1120. The van der Waals surface area contributed by atoms with E-state index in [2.05, 4.69) is 25.5 Å². The molecule has 142 valence electrons. The highest BCUT2D eigenvalue weighted by molar-refractivity contribution is 5.91. The van der Waals surface area contributed by atoms with Gasteiger partial charge in [0, 0.05) is 23.6 Å². The Hall–Kier alpha value is -3.81. The molecule has 0 saturated carbocycles. The van der Waals surface area contributed by atoms with Crippen molar-refractivity contribution < 1.29 is 4.74 Å². The van der Waals surface area contributed by atoms with Crippen LogP contribution in [-0.4, -0.2) is 33.8 Å². The molecule has 0 atom stereocenters. The van der Waals surface area contributed by atoms with E-state index in [9.17, 15) is 0 Å². The van der Waals surface area contributed by atoms with Gasteiger partial charge >= 0.3 is 0 Å². The quantitative estimate of drug-likeness (QED) is 0.408. The Morgan fingerprint density at radius 1 is 1.07 bits per heavy atom. The number of para-hydroxylation sites is 1. The van der Waals surface area contributed by atoms with E-state index in [-0.39, 0.29) is 5.95 Å². The zero-order chi connectivity index (χ0) is 19.5. The monoisotopic (exact) mass is 375 g/mol. The van der Waals surface area contributed by atoms with Gasteiger partial charge in [0.15, 0.2) is 5.82 Å². The molecule has 2 aromatic heterocycles. The van der Waals surface area contributed by atoms with Gasteiger partial charge < -0.3 is 21.5 Å². The van der Waals surface area contributed by atoms with Crippen LogP contribution in [0.3, 0.4) is 0 Å². The number of anilines is 3. The van der Waals surface area contributed by atoms with E-state index < -0.39 is 0 Å². The van der Waals surface area contributed by atoms with Crippen LogP contribution in [0.2, 0.25) is 0 Å². The van der Waals surface area contributed by atoms with E-state index in [4.69, 9.17) is 16.2 Å². The zero-order valence-electron chi connectivity index (χ0n) is 15.4. The second kappa shape index (κ2) is 7.43. The number of ether oxygens (including phenoxy) is 1. The van der Waals surface area contributed by atoms with Gasteiger partial charge in [-0.25, -0.2) is 4.98 Å². The first-order valence-electron chi connectivity index (χ1n) is 8.88. The molecule has 0 bridgehead atoms. The molecule has 2 heterocycles. The van der Waals surface area contributed by atoms with Gasteiger partial charge in [-0.2, -0.15) is 10.1 Å². The minimum atomic E-state index is 0.210. The van der Waals surface area contributed by atoms with E-state index >= 15 is 0 Å². The third-order valence-electron chi connectivity index (χ3n) is 4.52. The number of nitrogens with zero attached hydrogens (tertiary/aromatic N) is 3. The third kappa shape index (κ3) is 3.52. The molecule has 0 unspecified atom stereocenters. The number of H-pyrrole nitrogens is 1. The molecular weight excluding hydrogens is 354 g/mol. The minimum Gasteiger partial charge on any atom is -0.496 e. The number of methoxy groups -OCH3 is 1. The van der Waals surface area contributed by atoms with Crippen LogP contribution in [0.4, 0.5) is 17.6 Å². The summed E-state index contributed by atoms with van der Waals surface area (Å²) in [6.45, 7) is 0.687. The Labute approximate surface area is 162 Å². The van der Waals surface area contributed by atoms with Gasteiger partial charge in [-0.05, 0) is 30.2 Å². The Morgan fingerprint density at radius 2 is 1.93 bits per heavy atom. The number of aromatic nitrogens is 4. The molecule has 8 nitrogen and oxygen atoms in total. The van der Waals surface area contributed by atoms with Crippen molar-refractivity contribution in [1.82, 2.24) is 20.2 Å². The van der Waals surface area contributed by atoms with Gasteiger partial charge in [-0.3, -0.25) is 5.10 Å². The molecule has 4 aromatic rings. The number of nitrogen functional groups attached to an aromatic ring is 2. The summed E-state index contributed by atoms with van der Waals surface area (Å²) in [4.78, 5) is 8.64. The number of rotatable bonds is 6. The Balaban J connectivity index is 1.53.